The van der Waals surface area contributed by atoms with Crippen LogP contribution in [0.15, 0.2) is 277 Å². The normalized spacial score (nSPS) is 13.0. The van der Waals surface area contributed by atoms with Gasteiger partial charge in [0.25, 0.3) is 0 Å². The standard InChI is InChI=1S/C48H50Br2N2.C31H26.C25H30.C20H34/c1-7-9-11-37-29-33(3)47(34(4)30-37)51(45-25-17-41(49)18-26-45)43-21-13-39(14-22-43)40-15-23-44(24-16-40)52(46-27-19-42(50)20-28-46)48-35(5)31-38(12-10-8-2)32-36(48)6;1-19-3-13-27-28-14-4-20(2)16-30(28)31(29(27)15-19,25-11-9-21-5-7-23(21)17-25)26-12-10-22-6-8-24(22)18-26;1-5-7-9-15-25(16-10-8-6-2)23-17-19(3)11-13-21(23)22-14-12-20(4)18-24(22)25;1-5-7-9-11-13-19-15-18(4)20(16-17(19)3)14-12-10-8-6-2/h13-32H,7-12H2,1-6H3;3-4,9-18H,5-8H2,1-2H3;5-6,11-14,17-18H,1-2,7-10,15-16H2,3-4H3;15-16H,5-14H2,1-4H3. The molecule has 0 saturated carbocycles. The van der Waals surface area contributed by atoms with Gasteiger partial charge in [-0.1, -0.05) is 315 Å². The van der Waals surface area contributed by atoms with Gasteiger partial charge in [-0.05, 0) is 402 Å². The van der Waals surface area contributed by atoms with E-state index in [0.29, 0.717) is 0 Å². The highest BCUT2D eigenvalue weighted by Gasteiger charge is 2.48. The van der Waals surface area contributed by atoms with Crippen LogP contribution < -0.4 is 9.80 Å². The van der Waals surface area contributed by atoms with E-state index in [-0.39, 0.29) is 10.8 Å². The van der Waals surface area contributed by atoms with E-state index in [1.54, 1.807) is 22.3 Å². The molecule has 13 aromatic carbocycles. The summed E-state index contributed by atoms with van der Waals surface area (Å²) in [5.41, 5.74) is 49.6. The van der Waals surface area contributed by atoms with Gasteiger partial charge in [0.2, 0.25) is 0 Å². The van der Waals surface area contributed by atoms with Crippen LogP contribution in [0.1, 0.15) is 277 Å². The SMILES string of the molecule is C=CCCCC1(CCCC=C)c2cc(C)ccc2-c2ccc(C)cc21.CCCCCCc1cc(C)c(CCCCCC)cc1C.CCCCc1cc(C)c(N(c2ccc(Br)cc2)c2ccc(-c3ccc(N(c4ccc(Br)cc4)c4c(C)cc(CCCC)cc4C)cc3)cc2)c(C)c1.Cc1ccc2c(c1)C(c1ccc3c(c1)CC3)(c1ccc3c(c1)CC3)c1cc(C)ccc1-2. The van der Waals surface area contributed by atoms with Crippen molar-refractivity contribution in [3.8, 4) is 33.4 Å². The number of aryl methyl sites for hydroxylation is 18. The number of anilines is 6. The van der Waals surface area contributed by atoms with Crippen LogP contribution in [0.3, 0.4) is 0 Å². The minimum atomic E-state index is -0.238. The van der Waals surface area contributed by atoms with Gasteiger partial charge in [-0.3, -0.25) is 0 Å². The smallest absolute Gasteiger partial charge is 0.0713 e. The molecule has 4 aliphatic rings. The van der Waals surface area contributed by atoms with Crippen LogP contribution in [0.4, 0.5) is 34.1 Å². The Hall–Kier alpha value is -10.1. The highest BCUT2D eigenvalue weighted by atomic mass is 79.9. The van der Waals surface area contributed by atoms with Crippen molar-refractivity contribution in [2.24, 2.45) is 0 Å². The molecule has 660 valence electrons. The molecule has 2 nitrogen and oxygen atoms in total. The Morgan fingerprint density at radius 2 is 0.617 bits per heavy atom. The summed E-state index contributed by atoms with van der Waals surface area (Å²) in [5, 5.41) is 0. The molecule has 0 bridgehead atoms. The zero-order valence-electron chi connectivity index (χ0n) is 79.7. The fraction of sp³-hybridized carbons (Fsp3) is 0.339. The summed E-state index contributed by atoms with van der Waals surface area (Å²) in [6.07, 6.45) is 36.5. The lowest BCUT2D eigenvalue weighted by Crippen LogP contribution is -2.30. The molecule has 0 N–H and O–H groups in total. The quantitative estimate of drug-likeness (QED) is 0.0299. The van der Waals surface area contributed by atoms with Crippen molar-refractivity contribution in [3.05, 3.63) is 410 Å². The predicted molar refractivity (Wildman–Crippen MR) is 563 cm³/mol. The van der Waals surface area contributed by atoms with Gasteiger partial charge in [0.05, 0.1) is 16.8 Å². The van der Waals surface area contributed by atoms with Gasteiger partial charge >= 0.3 is 0 Å². The first-order chi connectivity index (χ1) is 62.1. The summed E-state index contributed by atoms with van der Waals surface area (Å²) < 4.78 is 2.15. The second-order valence-corrected chi connectivity index (χ2v) is 39.6. The van der Waals surface area contributed by atoms with Crippen molar-refractivity contribution in [2.75, 3.05) is 9.80 Å². The largest absolute Gasteiger partial charge is 0.310 e. The third-order valence-corrected chi connectivity index (χ3v) is 29.1. The minimum absolute atomic E-state index is 0.148. The number of hydrogen-bond acceptors (Lipinski definition) is 2. The third kappa shape index (κ3) is 21.0. The minimum Gasteiger partial charge on any atom is -0.310 e. The molecule has 4 aliphatic carbocycles. The molecule has 4 heteroatoms. The molecule has 128 heavy (non-hydrogen) atoms. The molecule has 17 rings (SSSR count). The summed E-state index contributed by atoms with van der Waals surface area (Å²) in [5.74, 6) is 0. The number of rotatable bonds is 33. The Morgan fingerprint density at radius 3 is 0.930 bits per heavy atom. The topological polar surface area (TPSA) is 6.48 Å². The number of benzene rings is 13. The van der Waals surface area contributed by atoms with Crippen LogP contribution in [0.25, 0.3) is 33.4 Å². The summed E-state index contributed by atoms with van der Waals surface area (Å²) in [4.78, 5) is 4.81. The van der Waals surface area contributed by atoms with Crippen molar-refractivity contribution in [1.82, 2.24) is 0 Å². The Morgan fingerprint density at radius 1 is 0.297 bits per heavy atom. The van der Waals surface area contributed by atoms with Crippen LogP contribution in [0.2, 0.25) is 0 Å². The van der Waals surface area contributed by atoms with Crippen molar-refractivity contribution in [1.29, 1.82) is 0 Å². The average molecular weight is 1820 g/mol. The van der Waals surface area contributed by atoms with E-state index in [4.69, 9.17) is 0 Å². The number of hydrogen-bond donors (Lipinski definition) is 0. The lowest BCUT2D eigenvalue weighted by molar-refractivity contribution is 0.422. The van der Waals surface area contributed by atoms with Gasteiger partial charge in [0, 0.05) is 37.1 Å². The van der Waals surface area contributed by atoms with Gasteiger partial charge < -0.3 is 9.80 Å². The van der Waals surface area contributed by atoms with Gasteiger partial charge in [-0.15, -0.1) is 13.2 Å². The van der Waals surface area contributed by atoms with E-state index in [1.807, 2.05) is 0 Å². The molecule has 0 aliphatic heterocycles. The summed E-state index contributed by atoms with van der Waals surface area (Å²) in [6, 6.07) is 92.6. The number of nitrogens with zero attached hydrogens (tertiary/aromatic N) is 2. The molecule has 0 radical (unpaired) electrons. The van der Waals surface area contributed by atoms with Crippen LogP contribution in [0.5, 0.6) is 0 Å². The van der Waals surface area contributed by atoms with Crippen LogP contribution >= 0.6 is 31.9 Å². The van der Waals surface area contributed by atoms with Crippen molar-refractivity contribution in [3.63, 3.8) is 0 Å². The lowest BCUT2D eigenvalue weighted by Gasteiger charge is -2.37. The maximum absolute atomic E-state index is 3.93. The monoisotopic (exact) mass is 1810 g/mol. The Kier molecular flexibility index (Phi) is 32.0. The average Bonchev–Trinajstić information content (AvgIpc) is 1.51. The summed E-state index contributed by atoms with van der Waals surface area (Å²) in [7, 11) is 0. The maximum atomic E-state index is 3.93. The molecular formula is C124H140Br2N2. The molecular weight excluding hydrogens is 1680 g/mol. The molecule has 0 aromatic heterocycles. The number of unbranched alkanes of at least 4 members (excludes halogenated alkanes) is 10. The summed E-state index contributed by atoms with van der Waals surface area (Å²) in [6.45, 7) is 39.4. The third-order valence-electron chi connectivity index (χ3n) is 28.1. The molecule has 0 saturated heterocycles. The van der Waals surface area contributed by atoms with Gasteiger partial charge in [-0.2, -0.15) is 0 Å². The van der Waals surface area contributed by atoms with E-state index in [9.17, 15) is 0 Å². The van der Waals surface area contributed by atoms with E-state index in [0.717, 1.165) is 57.4 Å². The van der Waals surface area contributed by atoms with Gasteiger partial charge in [0.1, 0.15) is 0 Å². The van der Waals surface area contributed by atoms with Crippen molar-refractivity contribution < 1.29 is 0 Å². The van der Waals surface area contributed by atoms with Gasteiger partial charge in [-0.25, -0.2) is 0 Å². The molecule has 0 unspecified atom stereocenters. The highest BCUT2D eigenvalue weighted by molar-refractivity contribution is 9.10. The molecule has 0 heterocycles. The fourth-order valence-electron chi connectivity index (χ4n) is 21.1. The van der Waals surface area contributed by atoms with Gasteiger partial charge in [0.15, 0.2) is 0 Å². The van der Waals surface area contributed by atoms with Crippen molar-refractivity contribution in [2.45, 2.75) is 275 Å². The van der Waals surface area contributed by atoms with Crippen molar-refractivity contribution >= 4 is 66.0 Å². The molecule has 0 atom stereocenters. The molecule has 0 amide bonds. The predicted octanol–water partition coefficient (Wildman–Crippen LogP) is 36.4. The zero-order valence-corrected chi connectivity index (χ0v) is 82.9. The number of fused-ring (bicyclic) bond motifs is 8. The second-order valence-electron chi connectivity index (χ2n) is 37.8. The van der Waals surface area contributed by atoms with E-state index in [1.165, 1.54) is 297 Å². The lowest BCUT2D eigenvalue weighted by atomic mass is 9.65. The molecule has 13 aromatic rings. The first-order valence-corrected chi connectivity index (χ1v) is 50.2. The van der Waals surface area contributed by atoms with E-state index < -0.39 is 0 Å². The number of allylic oxidation sites excluding steroid dienone is 2. The molecule has 0 spiro atoms. The van der Waals surface area contributed by atoms with E-state index in [2.05, 4.69) is 407 Å². The Balaban J connectivity index is 0.000000148. The number of halogens is 2. The second kappa shape index (κ2) is 43.5. The first-order valence-electron chi connectivity index (χ1n) is 48.6. The summed E-state index contributed by atoms with van der Waals surface area (Å²) >= 11 is 7.28. The van der Waals surface area contributed by atoms with E-state index >= 15 is 0 Å². The maximum Gasteiger partial charge on any atom is 0.0713 e. The zero-order chi connectivity index (χ0) is 90.2. The Labute approximate surface area is 788 Å². The highest BCUT2D eigenvalue weighted by Crippen LogP contribution is 2.59. The van der Waals surface area contributed by atoms with Crippen LogP contribution in [-0.4, -0.2) is 0 Å². The molecule has 0 fully saturated rings. The fourth-order valence-corrected chi connectivity index (χ4v) is 21.6. The first kappa shape index (κ1) is 94.0. The Bertz CT molecular complexity index is 5600. The van der Waals surface area contributed by atoms with Crippen LogP contribution in [0, 0.1) is 69.2 Å². The van der Waals surface area contributed by atoms with Crippen LogP contribution in [-0.2, 0) is 62.2 Å².